The largest absolute Gasteiger partial charge is 0.416 e. The molecule has 0 amide bonds. The van der Waals surface area contributed by atoms with E-state index in [0.717, 1.165) is 47.5 Å². The molecule has 1 aliphatic rings. The normalized spacial score (nSPS) is 16.2. The number of anilines is 1. The molecule has 40 heavy (non-hydrogen) atoms. The number of nitrogens with zero attached hydrogens (tertiary/aromatic N) is 3. The molecule has 1 atom stereocenters. The Balaban J connectivity index is 1.59. The molecule has 1 fully saturated rings. The Morgan fingerprint density at radius 2 is 1.57 bits per heavy atom. The van der Waals surface area contributed by atoms with Gasteiger partial charge < -0.3 is 14.7 Å². The molecule has 0 radical (unpaired) electrons. The van der Waals surface area contributed by atoms with Crippen LogP contribution in [0.25, 0.3) is 11.3 Å². The molecule has 1 saturated heterocycles. The third-order valence-corrected chi connectivity index (χ3v) is 7.64. The highest BCUT2D eigenvalue weighted by molar-refractivity contribution is 5.63. The van der Waals surface area contributed by atoms with E-state index < -0.39 is 23.8 Å². The molecule has 4 rings (SSSR count). The van der Waals surface area contributed by atoms with Gasteiger partial charge in [-0.3, -0.25) is 9.88 Å². The minimum atomic E-state index is -4.39. The van der Waals surface area contributed by atoms with E-state index in [9.17, 15) is 18.3 Å². The maximum Gasteiger partial charge on any atom is 0.416 e. The molecule has 5 nitrogen and oxygen atoms in total. The van der Waals surface area contributed by atoms with Gasteiger partial charge in [-0.05, 0) is 125 Å². The first-order valence-corrected chi connectivity index (χ1v) is 13.8. The molecule has 1 unspecified atom stereocenters. The summed E-state index contributed by atoms with van der Waals surface area (Å²) >= 11 is 0. The van der Waals surface area contributed by atoms with E-state index in [4.69, 9.17) is 4.74 Å². The van der Waals surface area contributed by atoms with E-state index in [1.54, 1.807) is 18.3 Å². The Morgan fingerprint density at radius 3 is 2.12 bits per heavy atom. The summed E-state index contributed by atoms with van der Waals surface area (Å²) in [5, 5.41) is 10.6. The molecule has 0 spiro atoms. The second-order valence-corrected chi connectivity index (χ2v) is 11.8. The van der Waals surface area contributed by atoms with Crippen LogP contribution in [0.1, 0.15) is 61.4 Å². The van der Waals surface area contributed by atoms with Gasteiger partial charge in [-0.25, -0.2) is 0 Å². The van der Waals surface area contributed by atoms with Crippen molar-refractivity contribution in [3.05, 3.63) is 82.5 Å². The average Bonchev–Trinajstić information content (AvgIpc) is 2.89. The number of pyridine rings is 1. The first kappa shape index (κ1) is 30.0. The van der Waals surface area contributed by atoms with Crippen molar-refractivity contribution >= 4 is 5.69 Å². The quantitative estimate of drug-likeness (QED) is 0.311. The van der Waals surface area contributed by atoms with Gasteiger partial charge in [0.1, 0.15) is 0 Å². The summed E-state index contributed by atoms with van der Waals surface area (Å²) in [5.41, 5.74) is 6.21. The first-order valence-electron chi connectivity index (χ1n) is 13.8. The van der Waals surface area contributed by atoms with Crippen LogP contribution in [0.15, 0.2) is 54.7 Å². The maximum atomic E-state index is 13.3. The van der Waals surface area contributed by atoms with Gasteiger partial charge in [-0.15, -0.1) is 0 Å². The Kier molecular flexibility index (Phi) is 8.93. The number of aryl methyl sites for hydroxylation is 2. The molecule has 1 N–H and O–H groups in total. The Bertz CT molecular complexity index is 1270. The van der Waals surface area contributed by atoms with Crippen LogP contribution in [0.4, 0.5) is 18.9 Å². The fourth-order valence-corrected chi connectivity index (χ4v) is 5.19. The third kappa shape index (κ3) is 7.42. The fraction of sp³-hybridized carbons (Fsp3) is 0.469. The summed E-state index contributed by atoms with van der Waals surface area (Å²) < 4.78 is 45.6. The van der Waals surface area contributed by atoms with Crippen LogP contribution in [-0.2, 0) is 17.5 Å². The summed E-state index contributed by atoms with van der Waals surface area (Å²) in [6.07, 6.45) is -2.12. The van der Waals surface area contributed by atoms with E-state index >= 15 is 0 Å². The summed E-state index contributed by atoms with van der Waals surface area (Å²) in [7, 11) is 0. The number of benzene rings is 2. The zero-order valence-electron chi connectivity index (χ0n) is 24.2. The number of aliphatic hydroxyl groups is 1. The topological polar surface area (TPSA) is 48.8 Å². The lowest BCUT2D eigenvalue weighted by Gasteiger charge is -2.42. The Morgan fingerprint density at radius 1 is 0.975 bits per heavy atom. The molecule has 1 aliphatic heterocycles. The molecule has 0 bridgehead atoms. The van der Waals surface area contributed by atoms with Crippen molar-refractivity contribution in [2.75, 3.05) is 18.0 Å². The maximum absolute atomic E-state index is 13.3. The molecule has 2 heterocycles. The number of halogens is 3. The van der Waals surface area contributed by atoms with Gasteiger partial charge in [0.15, 0.2) is 0 Å². The number of aliphatic hydroxyl groups excluding tert-OH is 1. The number of aromatic nitrogens is 1. The van der Waals surface area contributed by atoms with Crippen LogP contribution in [0.3, 0.4) is 0 Å². The van der Waals surface area contributed by atoms with Crippen LogP contribution in [0.5, 0.6) is 0 Å². The van der Waals surface area contributed by atoms with Crippen molar-refractivity contribution in [2.45, 2.75) is 85.2 Å². The molecule has 8 heteroatoms. The van der Waals surface area contributed by atoms with Crippen LogP contribution in [0.2, 0.25) is 0 Å². The number of alkyl halides is 3. The first-order chi connectivity index (χ1) is 18.7. The second kappa shape index (κ2) is 11.9. The molecule has 0 aliphatic carbocycles. The van der Waals surface area contributed by atoms with E-state index in [2.05, 4.69) is 48.9 Å². The number of hydrogen-bond acceptors (Lipinski definition) is 5. The van der Waals surface area contributed by atoms with Gasteiger partial charge in [0.2, 0.25) is 6.41 Å². The lowest BCUT2D eigenvalue weighted by Crippen LogP contribution is -2.50. The Labute approximate surface area is 235 Å². The summed E-state index contributed by atoms with van der Waals surface area (Å²) in [6.45, 7) is 13.8. The van der Waals surface area contributed by atoms with E-state index in [1.807, 2.05) is 31.7 Å². The lowest BCUT2D eigenvalue weighted by atomic mass is 9.98. The summed E-state index contributed by atoms with van der Waals surface area (Å²) in [5.74, 6) is 0. The predicted molar refractivity (Wildman–Crippen MR) is 153 cm³/mol. The summed E-state index contributed by atoms with van der Waals surface area (Å²) in [6, 6.07) is 13.8. The molecular weight excluding hydrogens is 515 g/mol. The van der Waals surface area contributed by atoms with Gasteiger partial charge in [-0.1, -0.05) is 0 Å². The minimum Gasteiger partial charge on any atom is -0.364 e. The van der Waals surface area contributed by atoms with Crippen molar-refractivity contribution in [3.63, 3.8) is 0 Å². The van der Waals surface area contributed by atoms with E-state index in [1.165, 1.54) is 16.7 Å². The van der Waals surface area contributed by atoms with Crippen LogP contribution < -0.4 is 4.90 Å². The van der Waals surface area contributed by atoms with E-state index in [-0.39, 0.29) is 6.04 Å². The number of likely N-dealkylation sites (tertiary alicyclic amines) is 1. The zero-order valence-corrected chi connectivity index (χ0v) is 24.2. The van der Waals surface area contributed by atoms with Gasteiger partial charge in [-0.2, -0.15) is 13.2 Å². The number of rotatable bonds is 7. The van der Waals surface area contributed by atoms with Crippen molar-refractivity contribution < 1.29 is 23.0 Å². The predicted octanol–water partition coefficient (Wildman–Crippen LogP) is 7.25. The fourth-order valence-electron chi connectivity index (χ4n) is 5.19. The Hall–Kier alpha value is -2.94. The molecule has 0 saturated carbocycles. The number of piperidine rings is 1. The van der Waals surface area contributed by atoms with Gasteiger partial charge in [0, 0.05) is 43.1 Å². The molecular formula is C32H40F3N3O2. The number of ether oxygens (including phenoxy) is 1. The molecule has 216 valence electrons. The summed E-state index contributed by atoms with van der Waals surface area (Å²) in [4.78, 5) is 8.70. The minimum absolute atomic E-state index is 0.0790. The smallest absolute Gasteiger partial charge is 0.364 e. The zero-order chi connectivity index (χ0) is 29.2. The van der Waals surface area contributed by atoms with Crippen molar-refractivity contribution in [3.8, 4) is 11.3 Å². The van der Waals surface area contributed by atoms with Crippen molar-refractivity contribution in [2.24, 2.45) is 0 Å². The number of hydrogen-bond donors (Lipinski definition) is 1. The lowest BCUT2D eigenvalue weighted by molar-refractivity contribution is -0.242. The standard InChI is InChI=1S/C32H40F3N3O2/c1-21-17-25(18-22(2)23(21)3)29-19-24(11-14-36-29)20-38(27-9-7-26(8-10-27)32(33,34)35)28-12-15-37(16-13-28)30(39)40-31(4,5)6/h7-11,14,17-19,28,30,39H,12-13,15-16,20H2,1-6H3. The average molecular weight is 556 g/mol. The van der Waals surface area contributed by atoms with Gasteiger partial charge in [0.25, 0.3) is 0 Å². The van der Waals surface area contributed by atoms with Crippen LogP contribution in [-0.4, -0.2) is 46.1 Å². The van der Waals surface area contributed by atoms with Crippen molar-refractivity contribution in [1.82, 2.24) is 9.88 Å². The van der Waals surface area contributed by atoms with E-state index in [0.29, 0.717) is 19.6 Å². The third-order valence-electron chi connectivity index (χ3n) is 7.64. The van der Waals surface area contributed by atoms with Crippen LogP contribution >= 0.6 is 0 Å². The van der Waals surface area contributed by atoms with Crippen molar-refractivity contribution in [1.29, 1.82) is 0 Å². The highest BCUT2D eigenvalue weighted by atomic mass is 19.4. The highest BCUT2D eigenvalue weighted by Crippen LogP contribution is 2.33. The molecule has 1 aromatic heterocycles. The second-order valence-electron chi connectivity index (χ2n) is 11.8. The highest BCUT2D eigenvalue weighted by Gasteiger charge is 2.32. The van der Waals surface area contributed by atoms with Crippen LogP contribution in [0, 0.1) is 20.8 Å². The molecule has 2 aromatic carbocycles. The van der Waals surface area contributed by atoms with Gasteiger partial charge >= 0.3 is 6.18 Å². The molecule has 3 aromatic rings. The monoisotopic (exact) mass is 555 g/mol. The SMILES string of the molecule is Cc1cc(-c2cc(CN(c3ccc(C(F)(F)F)cc3)C3CCN(C(O)OC(C)(C)C)CC3)ccn2)cc(C)c1C. The van der Waals surface area contributed by atoms with Gasteiger partial charge in [0.05, 0.1) is 16.9 Å².